The Labute approximate surface area is 81.7 Å². The zero-order valence-electron chi connectivity index (χ0n) is 8.32. The fourth-order valence-corrected chi connectivity index (χ4v) is 2.21. The normalized spacial score (nSPS) is 16.3. The van der Waals surface area contributed by atoms with Crippen molar-refractivity contribution in [2.45, 2.75) is 26.2 Å². The quantitative estimate of drug-likeness (QED) is 0.704. The van der Waals surface area contributed by atoms with E-state index in [-0.39, 0.29) is 13.2 Å². The van der Waals surface area contributed by atoms with Crippen LogP contribution in [0.3, 0.4) is 0 Å². The number of rotatable bonds is 6. The van der Waals surface area contributed by atoms with Gasteiger partial charge in [0.1, 0.15) is 0 Å². The second-order valence-corrected chi connectivity index (χ2v) is 4.94. The number of aliphatic carboxylic acids is 1. The molecule has 0 rings (SSSR count). The van der Waals surface area contributed by atoms with E-state index in [1.807, 2.05) is 0 Å². The highest BCUT2D eigenvalue weighted by Crippen LogP contribution is 2.60. The summed E-state index contributed by atoms with van der Waals surface area (Å²) in [4.78, 5) is 10.5. The van der Waals surface area contributed by atoms with E-state index in [2.05, 4.69) is 9.05 Å². The molecule has 0 aliphatic rings. The van der Waals surface area contributed by atoms with Crippen LogP contribution < -0.4 is 0 Å². The summed E-state index contributed by atoms with van der Waals surface area (Å²) in [7, 11) is -4.24. The number of carboxylic acids is 1. The highest BCUT2D eigenvalue weighted by molar-refractivity contribution is 7.56. The third-order valence-corrected chi connectivity index (χ3v) is 3.92. The highest BCUT2D eigenvalue weighted by atomic mass is 31.2. The first kappa shape index (κ1) is 13.5. The maximum Gasteiger partial charge on any atom is 0.378 e. The van der Waals surface area contributed by atoms with Gasteiger partial charge in [-0.1, -0.05) is 0 Å². The van der Waals surface area contributed by atoms with Crippen LogP contribution in [0.4, 0.5) is 4.39 Å². The van der Waals surface area contributed by atoms with Crippen molar-refractivity contribution in [3.63, 3.8) is 0 Å². The van der Waals surface area contributed by atoms with E-state index in [4.69, 9.17) is 5.11 Å². The molecule has 0 aromatic carbocycles. The Morgan fingerprint density at radius 1 is 1.43 bits per heavy atom. The van der Waals surface area contributed by atoms with Gasteiger partial charge in [0.25, 0.3) is 0 Å². The zero-order chi connectivity index (χ0) is 11.4. The van der Waals surface area contributed by atoms with Crippen LogP contribution in [0, 0.1) is 0 Å². The molecule has 0 aromatic rings. The van der Waals surface area contributed by atoms with Crippen molar-refractivity contribution < 1.29 is 27.9 Å². The van der Waals surface area contributed by atoms with E-state index in [9.17, 15) is 13.8 Å². The molecule has 0 fully saturated rings. The Morgan fingerprint density at radius 2 is 1.79 bits per heavy atom. The summed E-state index contributed by atoms with van der Waals surface area (Å²) in [6, 6.07) is 0. The third-order valence-electron chi connectivity index (χ3n) is 1.50. The summed E-state index contributed by atoms with van der Waals surface area (Å²) in [5, 5.41) is 5.51. The van der Waals surface area contributed by atoms with Crippen molar-refractivity contribution >= 4 is 13.6 Å². The van der Waals surface area contributed by atoms with Crippen LogP contribution in [0.15, 0.2) is 0 Å². The zero-order valence-corrected chi connectivity index (χ0v) is 9.21. The van der Waals surface area contributed by atoms with Crippen LogP contribution in [-0.2, 0) is 18.4 Å². The van der Waals surface area contributed by atoms with Crippen LogP contribution in [-0.4, -0.2) is 29.7 Å². The van der Waals surface area contributed by atoms with Gasteiger partial charge in [-0.3, -0.25) is 4.57 Å². The predicted molar refractivity (Wildman–Crippen MR) is 48.0 cm³/mol. The van der Waals surface area contributed by atoms with Crippen molar-refractivity contribution in [3.05, 3.63) is 0 Å². The molecule has 84 valence electrons. The molecular weight excluding hydrogens is 214 g/mol. The summed E-state index contributed by atoms with van der Waals surface area (Å²) in [6.45, 7) is 3.46. The highest BCUT2D eigenvalue weighted by Gasteiger charge is 2.54. The van der Waals surface area contributed by atoms with Crippen LogP contribution >= 0.6 is 7.60 Å². The molecule has 1 N–H and O–H groups in total. The Hall–Kier alpha value is -0.450. The predicted octanol–water partition coefficient (Wildman–Crippen LogP) is 2.02. The first-order valence-electron chi connectivity index (χ1n) is 4.13. The Morgan fingerprint density at radius 3 is 2.00 bits per heavy atom. The molecule has 0 amide bonds. The minimum absolute atomic E-state index is 0.0793. The topological polar surface area (TPSA) is 72.8 Å². The summed E-state index contributed by atoms with van der Waals surface area (Å²) in [5.74, 6) is -1.86. The van der Waals surface area contributed by atoms with Crippen LogP contribution in [0.1, 0.15) is 20.8 Å². The summed E-state index contributed by atoms with van der Waals surface area (Å²) in [6.07, 6.45) is 0. The molecule has 7 heteroatoms. The van der Waals surface area contributed by atoms with E-state index in [1.54, 1.807) is 0 Å². The lowest BCUT2D eigenvalue weighted by atomic mass is 10.4. The number of carbonyl (C=O) groups is 1. The molecule has 14 heavy (non-hydrogen) atoms. The molecule has 0 heterocycles. The van der Waals surface area contributed by atoms with E-state index in [0.717, 1.165) is 0 Å². The molecular formula is C7H14FO5P. The number of carboxylic acid groups (broad SMARTS) is 1. The van der Waals surface area contributed by atoms with Crippen molar-refractivity contribution in [1.82, 2.24) is 0 Å². The Balaban J connectivity index is 4.99. The standard InChI is InChI=1S/C7H14FO5P/c1-4-12-14(11,13-5-2)7(3,8)6(9)10/h4-5H2,1-3H3,(H,9,10). The molecule has 0 radical (unpaired) electrons. The molecule has 0 saturated heterocycles. The Kier molecular flexibility index (Phi) is 4.71. The molecule has 1 atom stereocenters. The summed E-state index contributed by atoms with van der Waals surface area (Å²) in [5.41, 5.74) is 0. The molecule has 0 aliphatic heterocycles. The van der Waals surface area contributed by atoms with Crippen molar-refractivity contribution in [2.24, 2.45) is 0 Å². The fourth-order valence-electron chi connectivity index (χ4n) is 0.737. The SMILES string of the molecule is CCOP(=O)(OCC)C(C)(F)C(=O)O. The molecule has 1 unspecified atom stereocenters. The number of halogens is 1. The smallest absolute Gasteiger partial charge is 0.378 e. The largest absolute Gasteiger partial charge is 0.478 e. The van der Waals surface area contributed by atoms with Gasteiger partial charge < -0.3 is 14.2 Å². The number of alkyl halides is 1. The first-order chi connectivity index (χ1) is 6.31. The summed E-state index contributed by atoms with van der Waals surface area (Å²) >= 11 is 0. The first-order valence-corrected chi connectivity index (χ1v) is 5.67. The van der Waals surface area contributed by atoms with Gasteiger partial charge in [0, 0.05) is 0 Å². The third kappa shape index (κ3) is 2.53. The maximum absolute atomic E-state index is 13.5. The van der Waals surface area contributed by atoms with Gasteiger partial charge in [0.15, 0.2) is 0 Å². The van der Waals surface area contributed by atoms with Gasteiger partial charge in [-0.2, -0.15) is 0 Å². The molecule has 0 bridgehead atoms. The second-order valence-electron chi connectivity index (χ2n) is 2.59. The van der Waals surface area contributed by atoms with Gasteiger partial charge in [-0.15, -0.1) is 0 Å². The van der Waals surface area contributed by atoms with Crippen LogP contribution in [0.5, 0.6) is 0 Å². The summed E-state index contributed by atoms with van der Waals surface area (Å²) < 4.78 is 34.3. The average Bonchev–Trinajstić information content (AvgIpc) is 2.04. The maximum atomic E-state index is 13.5. The van der Waals surface area contributed by atoms with E-state index < -0.39 is 19.0 Å². The van der Waals surface area contributed by atoms with Crippen molar-refractivity contribution in [2.75, 3.05) is 13.2 Å². The molecule has 0 spiro atoms. The van der Waals surface area contributed by atoms with Gasteiger partial charge in [0.2, 0.25) is 0 Å². The van der Waals surface area contributed by atoms with Gasteiger partial charge in [0.05, 0.1) is 13.2 Å². The van der Waals surface area contributed by atoms with Gasteiger partial charge in [-0.05, 0) is 20.8 Å². The van der Waals surface area contributed by atoms with Crippen LogP contribution in [0.2, 0.25) is 0 Å². The number of hydrogen-bond acceptors (Lipinski definition) is 4. The van der Waals surface area contributed by atoms with E-state index in [0.29, 0.717) is 6.92 Å². The average molecular weight is 228 g/mol. The lowest BCUT2D eigenvalue weighted by Gasteiger charge is -2.25. The minimum atomic E-state index is -4.24. The second kappa shape index (κ2) is 4.87. The monoisotopic (exact) mass is 228 g/mol. The molecule has 0 aliphatic carbocycles. The van der Waals surface area contributed by atoms with Gasteiger partial charge in [-0.25, -0.2) is 9.18 Å². The van der Waals surface area contributed by atoms with Gasteiger partial charge >= 0.3 is 19.0 Å². The van der Waals surface area contributed by atoms with Crippen LogP contribution in [0.25, 0.3) is 0 Å². The lowest BCUT2D eigenvalue weighted by Crippen LogP contribution is -2.31. The fraction of sp³-hybridized carbons (Fsp3) is 0.857. The minimum Gasteiger partial charge on any atom is -0.478 e. The lowest BCUT2D eigenvalue weighted by molar-refractivity contribution is -0.145. The van der Waals surface area contributed by atoms with E-state index in [1.165, 1.54) is 13.8 Å². The van der Waals surface area contributed by atoms with E-state index >= 15 is 0 Å². The molecule has 0 saturated carbocycles. The molecule has 5 nitrogen and oxygen atoms in total. The molecule has 0 aromatic heterocycles. The van der Waals surface area contributed by atoms with Crippen molar-refractivity contribution in [1.29, 1.82) is 0 Å². The van der Waals surface area contributed by atoms with Crippen molar-refractivity contribution in [3.8, 4) is 0 Å². The number of hydrogen-bond donors (Lipinski definition) is 1. The Bertz CT molecular complexity index is 242.